The number of benzene rings is 7. The van der Waals surface area contributed by atoms with Gasteiger partial charge >= 0.3 is 0 Å². The number of thiophene rings is 1. The van der Waals surface area contributed by atoms with Gasteiger partial charge in [0.1, 0.15) is 0 Å². The SMILES string of the molecule is c1ccc(-c2nc(-c3cc(-c4ccc5nccnc5c4)cc(-c4cc5ccccc5c5ccccc45)c3)nc3c2sc2ccccc23)cc1. The van der Waals surface area contributed by atoms with Crippen LogP contribution in [-0.2, 0) is 0 Å². The van der Waals surface area contributed by atoms with E-state index >= 15 is 0 Å². The molecule has 3 heterocycles. The number of rotatable bonds is 4. The molecule has 0 spiro atoms. The van der Waals surface area contributed by atoms with Crippen LogP contribution in [0.3, 0.4) is 0 Å². The highest BCUT2D eigenvalue weighted by Gasteiger charge is 2.19. The lowest BCUT2D eigenvalue weighted by atomic mass is 9.90. The first kappa shape index (κ1) is 27.8. The van der Waals surface area contributed by atoms with Crippen molar-refractivity contribution in [3.05, 3.63) is 158 Å². The van der Waals surface area contributed by atoms with E-state index in [9.17, 15) is 0 Å². The maximum absolute atomic E-state index is 5.35. The van der Waals surface area contributed by atoms with Gasteiger partial charge in [-0.3, -0.25) is 9.97 Å². The Bertz CT molecular complexity index is 2890. The van der Waals surface area contributed by atoms with Crippen molar-refractivity contribution in [2.75, 3.05) is 0 Å². The summed E-state index contributed by atoms with van der Waals surface area (Å²) in [7, 11) is 0. The predicted octanol–water partition coefficient (Wildman–Crippen LogP) is 11.8. The van der Waals surface area contributed by atoms with E-state index in [2.05, 4.69) is 143 Å². The van der Waals surface area contributed by atoms with Gasteiger partial charge in [0.15, 0.2) is 5.82 Å². The summed E-state index contributed by atoms with van der Waals surface area (Å²) < 4.78 is 2.30. The van der Waals surface area contributed by atoms with Gasteiger partial charge in [-0.15, -0.1) is 11.3 Å². The first-order valence-electron chi connectivity index (χ1n) is 16.3. The molecule has 5 heteroatoms. The van der Waals surface area contributed by atoms with Crippen LogP contribution < -0.4 is 0 Å². The normalized spacial score (nSPS) is 11.7. The average molecular weight is 643 g/mol. The molecule has 0 N–H and O–H groups in total. The lowest BCUT2D eigenvalue weighted by Crippen LogP contribution is -1.95. The van der Waals surface area contributed by atoms with Crippen LogP contribution in [0.1, 0.15) is 0 Å². The third kappa shape index (κ3) is 4.66. The fourth-order valence-electron chi connectivity index (χ4n) is 7.03. The van der Waals surface area contributed by atoms with Crippen molar-refractivity contribution in [1.82, 2.24) is 19.9 Å². The van der Waals surface area contributed by atoms with Gasteiger partial charge in [-0.05, 0) is 86.3 Å². The fourth-order valence-corrected chi connectivity index (χ4v) is 8.18. The predicted molar refractivity (Wildman–Crippen MR) is 205 cm³/mol. The minimum Gasteiger partial charge on any atom is -0.253 e. The molecule has 0 amide bonds. The molecule has 0 unspecified atom stereocenters. The molecule has 10 rings (SSSR count). The van der Waals surface area contributed by atoms with Gasteiger partial charge in [0, 0.05) is 33.6 Å². The quantitative estimate of drug-likeness (QED) is 0.179. The monoisotopic (exact) mass is 642 g/mol. The van der Waals surface area contributed by atoms with Crippen LogP contribution in [-0.4, -0.2) is 19.9 Å². The Hall–Kier alpha value is -6.30. The lowest BCUT2D eigenvalue weighted by Gasteiger charge is -2.15. The van der Waals surface area contributed by atoms with Crippen molar-refractivity contribution in [2.45, 2.75) is 0 Å². The van der Waals surface area contributed by atoms with Crippen LogP contribution in [0.4, 0.5) is 0 Å². The van der Waals surface area contributed by atoms with Crippen molar-refractivity contribution < 1.29 is 0 Å². The molecule has 0 aliphatic heterocycles. The summed E-state index contributed by atoms with van der Waals surface area (Å²) in [6.07, 6.45) is 3.48. The fraction of sp³-hybridized carbons (Fsp3) is 0. The van der Waals surface area contributed by atoms with E-state index in [1.165, 1.54) is 31.8 Å². The van der Waals surface area contributed by atoms with Gasteiger partial charge in [0.25, 0.3) is 0 Å². The molecule has 0 aliphatic carbocycles. The highest BCUT2D eigenvalue weighted by Crippen LogP contribution is 2.42. The first-order valence-corrected chi connectivity index (χ1v) is 17.1. The highest BCUT2D eigenvalue weighted by atomic mass is 32.1. The summed E-state index contributed by atoms with van der Waals surface area (Å²) in [5.41, 5.74) is 10.1. The Kier molecular flexibility index (Phi) is 6.32. The van der Waals surface area contributed by atoms with Gasteiger partial charge in [0.05, 0.1) is 26.9 Å². The van der Waals surface area contributed by atoms with E-state index in [-0.39, 0.29) is 0 Å². The van der Waals surface area contributed by atoms with Crippen LogP contribution in [0.2, 0.25) is 0 Å². The topological polar surface area (TPSA) is 51.6 Å². The molecule has 49 heavy (non-hydrogen) atoms. The molecule has 0 bridgehead atoms. The summed E-state index contributed by atoms with van der Waals surface area (Å²) in [6.45, 7) is 0. The minimum atomic E-state index is 0.698. The van der Waals surface area contributed by atoms with E-state index in [1.54, 1.807) is 23.7 Å². The zero-order valence-electron chi connectivity index (χ0n) is 26.2. The molecule has 0 saturated heterocycles. The molecule has 0 radical (unpaired) electrons. The molecule has 7 aromatic carbocycles. The van der Waals surface area contributed by atoms with E-state index in [1.807, 2.05) is 12.1 Å². The molecule has 3 aromatic heterocycles. The Labute approximate surface area is 286 Å². The van der Waals surface area contributed by atoms with Crippen molar-refractivity contribution >= 4 is 64.2 Å². The Morgan fingerprint density at radius 1 is 0.429 bits per heavy atom. The Balaban J connectivity index is 1.28. The van der Waals surface area contributed by atoms with Crippen molar-refractivity contribution in [2.24, 2.45) is 0 Å². The van der Waals surface area contributed by atoms with Crippen LogP contribution in [0.25, 0.3) is 97.8 Å². The molecule has 0 atom stereocenters. The third-order valence-electron chi connectivity index (χ3n) is 9.34. The molecule has 228 valence electrons. The second-order valence-corrected chi connectivity index (χ2v) is 13.3. The van der Waals surface area contributed by atoms with Crippen molar-refractivity contribution in [3.63, 3.8) is 0 Å². The average Bonchev–Trinajstić information content (AvgIpc) is 3.56. The summed E-state index contributed by atoms with van der Waals surface area (Å²) in [6, 6.07) is 51.7. The van der Waals surface area contributed by atoms with Gasteiger partial charge in [0.2, 0.25) is 0 Å². The van der Waals surface area contributed by atoms with Gasteiger partial charge in [-0.2, -0.15) is 0 Å². The van der Waals surface area contributed by atoms with E-state index in [0.717, 1.165) is 60.1 Å². The standard InChI is InChI=1S/C44H26N4S/c1-2-10-27(11-3-1)41-43-42(36-16-8-9-17-40(36)49-43)48-44(47-41)32-23-30(28-18-19-38-39(26-28)46-21-20-45-38)22-31(24-32)37-25-29-12-4-5-13-33(29)34-14-6-7-15-35(34)37/h1-26H. The summed E-state index contributed by atoms with van der Waals surface area (Å²) in [5, 5.41) is 6.04. The molecule has 4 nitrogen and oxygen atoms in total. The van der Waals surface area contributed by atoms with Gasteiger partial charge in [-0.25, -0.2) is 9.97 Å². The summed E-state index contributed by atoms with van der Waals surface area (Å²) in [5.74, 6) is 0.698. The molecule has 0 aliphatic rings. The number of nitrogens with zero attached hydrogens (tertiary/aromatic N) is 4. The van der Waals surface area contributed by atoms with E-state index in [4.69, 9.17) is 9.97 Å². The molecule has 10 aromatic rings. The van der Waals surface area contributed by atoms with Crippen LogP contribution in [0, 0.1) is 0 Å². The molecule has 0 fully saturated rings. The Morgan fingerprint density at radius 2 is 1.12 bits per heavy atom. The second-order valence-electron chi connectivity index (χ2n) is 12.3. The van der Waals surface area contributed by atoms with Crippen molar-refractivity contribution in [1.29, 1.82) is 0 Å². The number of aromatic nitrogens is 4. The second kappa shape index (κ2) is 11.2. The zero-order valence-corrected chi connectivity index (χ0v) is 27.0. The number of fused-ring (bicyclic) bond motifs is 7. The Morgan fingerprint density at radius 3 is 2.00 bits per heavy atom. The summed E-state index contributed by atoms with van der Waals surface area (Å²) in [4.78, 5) is 19.8. The zero-order chi connectivity index (χ0) is 32.3. The number of hydrogen-bond acceptors (Lipinski definition) is 5. The van der Waals surface area contributed by atoms with Gasteiger partial charge in [-0.1, -0.05) is 103 Å². The minimum absolute atomic E-state index is 0.698. The van der Waals surface area contributed by atoms with Crippen molar-refractivity contribution in [3.8, 4) is 44.9 Å². The lowest BCUT2D eigenvalue weighted by molar-refractivity contribution is 1.24. The van der Waals surface area contributed by atoms with E-state index < -0.39 is 0 Å². The smallest absolute Gasteiger partial charge is 0.160 e. The largest absolute Gasteiger partial charge is 0.253 e. The maximum Gasteiger partial charge on any atom is 0.160 e. The third-order valence-corrected chi connectivity index (χ3v) is 10.5. The number of hydrogen-bond donors (Lipinski definition) is 0. The summed E-state index contributed by atoms with van der Waals surface area (Å²) >= 11 is 1.75. The molecular formula is C44H26N4S. The van der Waals surface area contributed by atoms with Gasteiger partial charge < -0.3 is 0 Å². The molecule has 0 saturated carbocycles. The van der Waals surface area contributed by atoms with Crippen LogP contribution in [0.5, 0.6) is 0 Å². The van der Waals surface area contributed by atoms with E-state index in [0.29, 0.717) is 5.82 Å². The first-order chi connectivity index (χ1) is 24.3. The van der Waals surface area contributed by atoms with Crippen LogP contribution >= 0.6 is 11.3 Å². The highest BCUT2D eigenvalue weighted by molar-refractivity contribution is 7.26. The maximum atomic E-state index is 5.35. The van der Waals surface area contributed by atoms with Crippen LogP contribution in [0.15, 0.2) is 158 Å². The molecular weight excluding hydrogens is 617 g/mol.